The van der Waals surface area contributed by atoms with E-state index < -0.39 is 150 Å². The van der Waals surface area contributed by atoms with Crippen molar-refractivity contribution in [3.63, 3.8) is 0 Å². The summed E-state index contributed by atoms with van der Waals surface area (Å²) in [6.07, 6.45) is -26.1. The van der Waals surface area contributed by atoms with E-state index in [4.69, 9.17) is 32.8 Å². The van der Waals surface area contributed by atoms with Gasteiger partial charge in [-0.15, -0.1) is 0 Å². The molecule has 4 saturated heterocycles. The number of aliphatic hydroxyl groups is 9. The minimum Gasteiger partial charge on any atom is -0.508 e. The van der Waals surface area contributed by atoms with Crippen LogP contribution in [-0.2, 0) is 35.0 Å². The summed E-state index contributed by atoms with van der Waals surface area (Å²) in [5, 5.41) is 127. The Balaban J connectivity index is 1.31. The van der Waals surface area contributed by atoms with E-state index in [9.17, 15) is 70.9 Å². The second kappa shape index (κ2) is 17.9. The normalized spacial score (nSPS) is 37.2. The van der Waals surface area contributed by atoms with Gasteiger partial charge in [-0.1, -0.05) is 0 Å². The molecule has 7 rings (SSSR count). The third-order valence-corrected chi connectivity index (χ3v) is 11.4. The molecule has 3 aromatic rings. The van der Waals surface area contributed by atoms with Crippen LogP contribution in [0.4, 0.5) is 0 Å². The summed E-state index contributed by atoms with van der Waals surface area (Å²) in [6.45, 7) is 1.84. The molecule has 16 atom stereocenters. The number of carbonyl (C=O) groups is 1. The third-order valence-electron chi connectivity index (χ3n) is 11.4. The quantitative estimate of drug-likeness (QED) is 0.0962. The zero-order valence-electron chi connectivity index (χ0n) is 32.6. The Kier molecular flexibility index (Phi) is 13.1. The maximum atomic E-state index is 14.7. The number of benzene rings is 2. The smallest absolute Gasteiger partial charge is 0.251 e. The first-order chi connectivity index (χ1) is 28.9. The number of ether oxygens (including phenoxy) is 6. The SMILES string of the molecule is C[C@@H]1O[C@@H](OC[C@H]2O[C@@H](Oc3c(-c4ccc(O)cc4)oc4c(CN5CCCC(O)C5=O)c(O)cc(O)c4c3=O)[C@H](O[C@@H]3O[C@@H](C)[C@H](O)[C@@H](O)[C@H]3O)[C@@H](O)[C@H]2O)[C@H](O)[C@H](O)[C@H]1O. The number of phenols is 3. The first-order valence-corrected chi connectivity index (χ1v) is 19.5. The molecule has 4 fully saturated rings. The van der Waals surface area contributed by atoms with Gasteiger partial charge in [0.15, 0.2) is 30.0 Å². The van der Waals surface area contributed by atoms with Gasteiger partial charge >= 0.3 is 0 Å². The third kappa shape index (κ3) is 8.62. The van der Waals surface area contributed by atoms with Crippen molar-refractivity contribution in [3.8, 4) is 34.3 Å². The van der Waals surface area contributed by atoms with Crippen LogP contribution in [0, 0.1) is 0 Å². The van der Waals surface area contributed by atoms with Crippen LogP contribution in [0.3, 0.4) is 0 Å². The molecule has 0 aliphatic carbocycles. The van der Waals surface area contributed by atoms with Gasteiger partial charge in [-0.25, -0.2) is 0 Å². The topological polar surface area (TPSA) is 349 Å². The van der Waals surface area contributed by atoms with Crippen LogP contribution >= 0.6 is 0 Å². The zero-order valence-corrected chi connectivity index (χ0v) is 32.6. The summed E-state index contributed by atoms with van der Waals surface area (Å²) in [5.41, 5.74) is -1.61. The summed E-state index contributed by atoms with van der Waals surface area (Å²) in [6, 6.07) is 5.92. The summed E-state index contributed by atoms with van der Waals surface area (Å²) in [7, 11) is 0. The Morgan fingerprint density at radius 1 is 0.721 bits per heavy atom. The van der Waals surface area contributed by atoms with Gasteiger partial charge in [0.1, 0.15) is 83.7 Å². The number of hydrogen-bond acceptors (Lipinski definition) is 21. The lowest BCUT2D eigenvalue weighted by molar-refractivity contribution is -0.360. The van der Waals surface area contributed by atoms with E-state index in [0.29, 0.717) is 6.42 Å². The van der Waals surface area contributed by atoms with E-state index in [1.807, 2.05) is 0 Å². The molecule has 22 heteroatoms. The van der Waals surface area contributed by atoms with Crippen LogP contribution < -0.4 is 10.2 Å². The lowest BCUT2D eigenvalue weighted by atomic mass is 9.97. The van der Waals surface area contributed by atoms with Crippen LogP contribution in [0.25, 0.3) is 22.3 Å². The Bertz CT molecular complexity index is 2100. The highest BCUT2D eigenvalue weighted by molar-refractivity contribution is 5.91. The highest BCUT2D eigenvalue weighted by Gasteiger charge is 2.52. The van der Waals surface area contributed by atoms with Crippen LogP contribution in [-0.4, -0.2) is 183 Å². The lowest BCUT2D eigenvalue weighted by Crippen LogP contribution is -2.65. The monoisotopic (exact) mass is 867 g/mol. The molecule has 61 heavy (non-hydrogen) atoms. The summed E-state index contributed by atoms with van der Waals surface area (Å²) >= 11 is 0. The molecule has 1 amide bonds. The zero-order chi connectivity index (χ0) is 44.2. The molecular formula is C39H49NO21. The van der Waals surface area contributed by atoms with Gasteiger partial charge in [-0.05, 0) is 51.0 Å². The van der Waals surface area contributed by atoms with Crippen LogP contribution in [0.1, 0.15) is 32.3 Å². The number of likely N-dealkylation sites (tertiary alicyclic amines) is 1. The van der Waals surface area contributed by atoms with Gasteiger partial charge < -0.3 is 99.0 Å². The number of fused-ring (bicyclic) bond motifs is 1. The van der Waals surface area contributed by atoms with Crippen LogP contribution in [0.2, 0.25) is 0 Å². The number of phenolic OH excluding ortho intramolecular Hbond substituents is 3. The number of amides is 1. The van der Waals surface area contributed by atoms with Crippen molar-refractivity contribution in [3.05, 3.63) is 46.1 Å². The lowest BCUT2D eigenvalue weighted by Gasteiger charge is -2.46. The van der Waals surface area contributed by atoms with Gasteiger partial charge in [0.2, 0.25) is 17.5 Å². The second-order valence-electron chi connectivity index (χ2n) is 15.6. The Morgan fingerprint density at radius 2 is 1.34 bits per heavy atom. The number of rotatable bonds is 10. The molecule has 12 N–H and O–H groups in total. The molecule has 1 aromatic heterocycles. The van der Waals surface area contributed by atoms with Crippen molar-refractivity contribution in [1.82, 2.24) is 4.90 Å². The van der Waals surface area contributed by atoms with Gasteiger partial charge in [0.05, 0.1) is 30.9 Å². The number of aliphatic hydroxyl groups excluding tert-OH is 9. The van der Waals surface area contributed by atoms with Crippen LogP contribution in [0.5, 0.6) is 23.0 Å². The Hall–Kier alpha value is -4.24. The van der Waals surface area contributed by atoms with Crippen molar-refractivity contribution < 1.29 is 98.9 Å². The van der Waals surface area contributed by atoms with Crippen molar-refractivity contribution in [2.75, 3.05) is 13.2 Å². The molecule has 0 saturated carbocycles. The van der Waals surface area contributed by atoms with Gasteiger partial charge in [0, 0.05) is 18.2 Å². The van der Waals surface area contributed by atoms with Gasteiger partial charge in [-0.3, -0.25) is 9.59 Å². The van der Waals surface area contributed by atoms with Crippen LogP contribution in [0.15, 0.2) is 39.5 Å². The molecule has 5 heterocycles. The summed E-state index contributed by atoms with van der Waals surface area (Å²) in [5.74, 6) is -3.40. The average Bonchev–Trinajstić information content (AvgIpc) is 3.22. The standard InChI is InChI=1S/C39H49NO21/c1-13-23(45)27(49)30(52)37(56-13)55-12-21-25(47)29(51)35(61-38-31(53)28(50)24(46)14(2)57-38)39(58-21)60-34-26(48)22-20(44)10-19(43)17(11-40-9-3-4-18(42)36(40)54)33(22)59-32(34)15-5-7-16(41)8-6-15/h5-8,10,13-14,18,21,23-25,27-31,35,37-39,41-47,49-53H,3-4,9,11-12H2,1-2H3/t13-,14-,18?,21+,23-,24-,25-,27+,28+,29-,30+,31+,35+,37+,38-,39-/m0/s1. The average molecular weight is 868 g/mol. The van der Waals surface area contributed by atoms with Crippen molar-refractivity contribution in [2.45, 2.75) is 131 Å². The van der Waals surface area contributed by atoms with E-state index in [0.717, 1.165) is 6.07 Å². The Labute approximate surface area is 345 Å². The second-order valence-corrected chi connectivity index (χ2v) is 15.6. The molecule has 4 aliphatic heterocycles. The molecule has 22 nitrogen and oxygen atoms in total. The summed E-state index contributed by atoms with van der Waals surface area (Å²) in [4.78, 5) is 28.8. The minimum atomic E-state index is -2.06. The van der Waals surface area contributed by atoms with Crippen molar-refractivity contribution in [2.24, 2.45) is 0 Å². The highest BCUT2D eigenvalue weighted by atomic mass is 16.8. The van der Waals surface area contributed by atoms with Gasteiger partial charge in [-0.2, -0.15) is 0 Å². The van der Waals surface area contributed by atoms with Crippen molar-refractivity contribution >= 4 is 16.9 Å². The number of aromatic hydroxyl groups is 3. The molecule has 1 unspecified atom stereocenters. The van der Waals surface area contributed by atoms with Gasteiger partial charge in [0.25, 0.3) is 5.91 Å². The largest absolute Gasteiger partial charge is 0.508 e. The number of nitrogens with zero attached hydrogens (tertiary/aromatic N) is 1. The Morgan fingerprint density at radius 3 is 2.00 bits per heavy atom. The molecular weight excluding hydrogens is 818 g/mol. The fourth-order valence-electron chi connectivity index (χ4n) is 7.72. The van der Waals surface area contributed by atoms with Crippen molar-refractivity contribution in [1.29, 1.82) is 0 Å². The van der Waals surface area contributed by atoms with E-state index in [1.54, 1.807) is 0 Å². The molecule has 2 aromatic carbocycles. The first-order valence-electron chi connectivity index (χ1n) is 19.5. The maximum absolute atomic E-state index is 14.7. The maximum Gasteiger partial charge on any atom is 0.251 e. The molecule has 0 bridgehead atoms. The molecule has 0 spiro atoms. The molecule has 4 aliphatic rings. The molecule has 336 valence electrons. The fraction of sp³-hybridized carbons (Fsp3) is 0.590. The van der Waals surface area contributed by atoms with E-state index in [1.165, 1.54) is 43.0 Å². The number of piperidine rings is 1. The summed E-state index contributed by atoms with van der Waals surface area (Å²) < 4.78 is 41.0. The fourth-order valence-corrected chi connectivity index (χ4v) is 7.72. The van der Waals surface area contributed by atoms with E-state index in [2.05, 4.69) is 0 Å². The van der Waals surface area contributed by atoms with E-state index >= 15 is 0 Å². The molecule has 0 radical (unpaired) electrons. The predicted octanol–water partition coefficient (Wildman–Crippen LogP) is -3.06. The predicted molar refractivity (Wildman–Crippen MR) is 200 cm³/mol. The minimum absolute atomic E-state index is 0.0501. The van der Waals surface area contributed by atoms with E-state index in [-0.39, 0.29) is 36.4 Å². The first kappa shape index (κ1) is 44.8. The number of carbonyl (C=O) groups excluding carboxylic acids is 1. The number of hydrogen-bond donors (Lipinski definition) is 12. The highest BCUT2D eigenvalue weighted by Crippen LogP contribution is 2.41.